The highest BCUT2D eigenvalue weighted by molar-refractivity contribution is 7.92. The molecule has 0 amide bonds. The number of rotatable bonds is 5. The SMILES string of the molecule is O=S(=O)(Nc1cccc(-c2nnnn2C2CC2)c1)c1ccc2c(c1)CCC2. The Morgan fingerprint density at radius 2 is 1.89 bits per heavy atom. The van der Waals surface area contributed by atoms with Gasteiger partial charge in [0.1, 0.15) is 0 Å². The van der Waals surface area contributed by atoms with Crippen LogP contribution in [-0.2, 0) is 22.9 Å². The second-order valence-electron chi connectivity index (χ2n) is 7.15. The van der Waals surface area contributed by atoms with Gasteiger partial charge in [-0.1, -0.05) is 18.2 Å². The van der Waals surface area contributed by atoms with Crippen molar-refractivity contribution in [2.24, 2.45) is 0 Å². The molecule has 7 nitrogen and oxygen atoms in total. The van der Waals surface area contributed by atoms with E-state index in [0.717, 1.165) is 43.2 Å². The molecule has 0 radical (unpaired) electrons. The van der Waals surface area contributed by atoms with Crippen molar-refractivity contribution in [2.45, 2.75) is 43.0 Å². The third-order valence-electron chi connectivity index (χ3n) is 5.14. The number of benzene rings is 2. The summed E-state index contributed by atoms with van der Waals surface area (Å²) >= 11 is 0. The first-order valence-corrected chi connectivity index (χ1v) is 10.6. The Balaban J connectivity index is 1.44. The second kappa shape index (κ2) is 6.16. The molecule has 0 unspecified atom stereocenters. The average Bonchev–Trinajstić information content (AvgIpc) is 3.19. The Bertz CT molecular complexity index is 1120. The van der Waals surface area contributed by atoms with Crippen molar-refractivity contribution in [2.75, 3.05) is 4.72 Å². The van der Waals surface area contributed by atoms with E-state index in [9.17, 15) is 8.42 Å². The van der Waals surface area contributed by atoms with Gasteiger partial charge in [-0.25, -0.2) is 13.1 Å². The van der Waals surface area contributed by atoms with Crippen molar-refractivity contribution >= 4 is 15.7 Å². The van der Waals surface area contributed by atoms with Crippen molar-refractivity contribution in [1.82, 2.24) is 20.2 Å². The van der Waals surface area contributed by atoms with Crippen LogP contribution in [0.4, 0.5) is 5.69 Å². The van der Waals surface area contributed by atoms with Crippen molar-refractivity contribution in [3.8, 4) is 11.4 Å². The Kier molecular flexibility index (Phi) is 3.75. The summed E-state index contributed by atoms with van der Waals surface area (Å²) in [7, 11) is -3.64. The van der Waals surface area contributed by atoms with E-state index in [4.69, 9.17) is 0 Å². The van der Waals surface area contributed by atoms with E-state index in [2.05, 4.69) is 20.2 Å². The van der Waals surface area contributed by atoms with E-state index >= 15 is 0 Å². The molecule has 0 aliphatic heterocycles. The topological polar surface area (TPSA) is 89.8 Å². The fourth-order valence-corrected chi connectivity index (χ4v) is 4.70. The highest BCUT2D eigenvalue weighted by Crippen LogP contribution is 2.37. The molecule has 1 fully saturated rings. The van der Waals surface area contributed by atoms with E-state index in [0.29, 0.717) is 22.4 Å². The zero-order valence-corrected chi connectivity index (χ0v) is 15.5. The van der Waals surface area contributed by atoms with Gasteiger partial charge in [-0.05, 0) is 77.9 Å². The Labute approximate surface area is 157 Å². The van der Waals surface area contributed by atoms with Crippen LogP contribution in [0.3, 0.4) is 0 Å². The van der Waals surface area contributed by atoms with Gasteiger partial charge in [0.05, 0.1) is 10.9 Å². The number of nitrogens with zero attached hydrogens (tertiary/aromatic N) is 4. The quantitative estimate of drug-likeness (QED) is 0.734. The molecule has 0 bridgehead atoms. The van der Waals surface area contributed by atoms with Crippen LogP contribution in [0.15, 0.2) is 47.4 Å². The highest BCUT2D eigenvalue weighted by Gasteiger charge is 2.28. The van der Waals surface area contributed by atoms with Crippen molar-refractivity contribution in [1.29, 1.82) is 0 Å². The zero-order chi connectivity index (χ0) is 18.4. The third-order valence-corrected chi connectivity index (χ3v) is 6.52. The predicted molar refractivity (Wildman–Crippen MR) is 101 cm³/mol. The molecular formula is C19H19N5O2S. The molecule has 0 saturated heterocycles. The third kappa shape index (κ3) is 3.10. The molecule has 3 aromatic rings. The van der Waals surface area contributed by atoms with Gasteiger partial charge in [0.15, 0.2) is 5.82 Å². The molecule has 2 aromatic carbocycles. The first-order valence-electron chi connectivity index (χ1n) is 9.13. The molecule has 0 spiro atoms. The largest absolute Gasteiger partial charge is 0.280 e. The minimum Gasteiger partial charge on any atom is -0.280 e. The summed E-state index contributed by atoms with van der Waals surface area (Å²) in [4.78, 5) is 0.302. The summed E-state index contributed by atoms with van der Waals surface area (Å²) in [6, 6.07) is 13.0. The maximum absolute atomic E-state index is 12.8. The van der Waals surface area contributed by atoms with Gasteiger partial charge in [-0.15, -0.1) is 5.10 Å². The molecule has 0 atom stereocenters. The first-order chi connectivity index (χ1) is 13.1. The molecule has 138 valence electrons. The van der Waals surface area contributed by atoms with Crippen molar-refractivity contribution in [3.05, 3.63) is 53.6 Å². The van der Waals surface area contributed by atoms with E-state index < -0.39 is 10.0 Å². The van der Waals surface area contributed by atoms with Gasteiger partial charge < -0.3 is 0 Å². The van der Waals surface area contributed by atoms with Crippen LogP contribution in [0.1, 0.15) is 36.4 Å². The summed E-state index contributed by atoms with van der Waals surface area (Å²) < 4.78 is 30.2. The number of sulfonamides is 1. The van der Waals surface area contributed by atoms with E-state index in [1.54, 1.807) is 24.3 Å². The predicted octanol–water partition coefficient (Wildman–Crippen LogP) is 2.96. The minimum absolute atomic E-state index is 0.302. The number of tetrazole rings is 1. The fourth-order valence-electron chi connectivity index (χ4n) is 3.60. The number of aryl methyl sites for hydroxylation is 2. The molecule has 1 aromatic heterocycles. The monoisotopic (exact) mass is 381 g/mol. The van der Waals surface area contributed by atoms with Crippen LogP contribution in [0.25, 0.3) is 11.4 Å². The maximum Gasteiger partial charge on any atom is 0.261 e. The Morgan fingerprint density at radius 3 is 2.74 bits per heavy atom. The van der Waals surface area contributed by atoms with Gasteiger partial charge >= 0.3 is 0 Å². The summed E-state index contributed by atoms with van der Waals surface area (Å²) in [5.74, 6) is 0.663. The van der Waals surface area contributed by atoms with Gasteiger partial charge in [-0.2, -0.15) is 0 Å². The van der Waals surface area contributed by atoms with Crippen LogP contribution in [0.2, 0.25) is 0 Å². The minimum atomic E-state index is -3.64. The fraction of sp³-hybridized carbons (Fsp3) is 0.316. The molecule has 1 N–H and O–H groups in total. The number of anilines is 1. The van der Waals surface area contributed by atoms with Crippen LogP contribution < -0.4 is 4.72 Å². The number of hydrogen-bond acceptors (Lipinski definition) is 5. The van der Waals surface area contributed by atoms with Crippen LogP contribution in [-0.4, -0.2) is 28.6 Å². The maximum atomic E-state index is 12.8. The summed E-state index contributed by atoms with van der Waals surface area (Å²) in [6.07, 6.45) is 5.20. The summed E-state index contributed by atoms with van der Waals surface area (Å²) in [5, 5.41) is 11.9. The van der Waals surface area contributed by atoms with E-state index in [1.165, 1.54) is 5.56 Å². The number of fused-ring (bicyclic) bond motifs is 1. The van der Waals surface area contributed by atoms with Crippen LogP contribution in [0.5, 0.6) is 0 Å². The molecular weight excluding hydrogens is 362 g/mol. The van der Waals surface area contributed by atoms with Crippen molar-refractivity contribution < 1.29 is 8.42 Å². The molecule has 27 heavy (non-hydrogen) atoms. The normalized spacial score (nSPS) is 16.3. The Hall–Kier alpha value is -2.74. The lowest BCUT2D eigenvalue weighted by atomic mass is 10.1. The van der Waals surface area contributed by atoms with Gasteiger partial charge in [0.2, 0.25) is 0 Å². The lowest BCUT2D eigenvalue weighted by Gasteiger charge is -2.11. The van der Waals surface area contributed by atoms with Crippen LogP contribution >= 0.6 is 0 Å². The summed E-state index contributed by atoms with van der Waals surface area (Å²) in [6.45, 7) is 0. The number of hydrogen-bond donors (Lipinski definition) is 1. The first kappa shape index (κ1) is 16.4. The van der Waals surface area contributed by atoms with Gasteiger partial charge in [-0.3, -0.25) is 4.72 Å². The number of nitrogens with one attached hydrogen (secondary N) is 1. The second-order valence-corrected chi connectivity index (χ2v) is 8.83. The molecule has 2 aliphatic carbocycles. The number of aromatic nitrogens is 4. The lowest BCUT2D eigenvalue weighted by molar-refractivity contribution is 0.601. The average molecular weight is 381 g/mol. The van der Waals surface area contributed by atoms with Crippen molar-refractivity contribution in [3.63, 3.8) is 0 Å². The zero-order valence-electron chi connectivity index (χ0n) is 14.7. The standard InChI is InChI=1S/C19H19N5O2S/c25-27(26,18-10-7-13-3-1-4-14(13)12-18)21-16-6-2-5-15(11-16)19-20-22-23-24(19)17-8-9-17/h2,5-7,10-12,17,21H,1,3-4,8-9H2. The van der Waals surface area contributed by atoms with E-state index in [1.807, 2.05) is 22.9 Å². The molecule has 2 aliphatic rings. The van der Waals surface area contributed by atoms with Gasteiger partial charge in [0.25, 0.3) is 10.0 Å². The van der Waals surface area contributed by atoms with E-state index in [-0.39, 0.29) is 0 Å². The summed E-state index contributed by atoms with van der Waals surface area (Å²) in [5.41, 5.74) is 3.68. The smallest absolute Gasteiger partial charge is 0.261 e. The Morgan fingerprint density at radius 1 is 1.04 bits per heavy atom. The molecule has 8 heteroatoms. The molecule has 5 rings (SSSR count). The lowest BCUT2D eigenvalue weighted by Crippen LogP contribution is -2.13. The van der Waals surface area contributed by atoms with Gasteiger partial charge in [0, 0.05) is 11.3 Å². The molecule has 1 saturated carbocycles. The molecule has 1 heterocycles. The van der Waals surface area contributed by atoms with Crippen LogP contribution in [0, 0.1) is 0 Å². The highest BCUT2D eigenvalue weighted by atomic mass is 32.2.